The minimum atomic E-state index is -4.40. The fourth-order valence-electron chi connectivity index (χ4n) is 9.41. The van der Waals surface area contributed by atoms with Gasteiger partial charge < -0.3 is 24.1 Å². The second-order valence-electron chi connectivity index (χ2n) is 12.8. The molecule has 0 heterocycles. The smallest absolute Gasteiger partial charge is 0.389 e. The van der Waals surface area contributed by atoms with Crippen LogP contribution in [-0.4, -0.2) is 57.4 Å². The molecule has 4 saturated carbocycles. The molecule has 37 heavy (non-hydrogen) atoms. The number of methoxy groups -OCH3 is 2. The van der Waals surface area contributed by atoms with Gasteiger partial charge in [-0.15, -0.1) is 0 Å². The molecule has 1 N–H and O–H groups in total. The minimum Gasteiger partial charge on any atom is -0.389 e. The Balaban J connectivity index is 1.54. The van der Waals surface area contributed by atoms with E-state index < -0.39 is 12.3 Å². The topological polar surface area (TPSA) is 57.2 Å². The number of ether oxygens (including phenoxy) is 4. The minimum absolute atomic E-state index is 0.0153. The third-order valence-electron chi connectivity index (χ3n) is 11.2. The standard InChI is InChI=1S/C29H47F3O5/c1-18(25(33)10-13-29(30,31)32)21-6-7-22-20-15-26(37-17-35-5)24-14-19(36-16-34-4)8-11-28(24,3)23(20)9-12-27(21,22)2/h10,13,18-26,33H,6-9,11-12,14-17H2,1-5H3/b13-10+/t18-,19+,20-,21+,22-,23-,24-,25-,26-,27+,28+/m0/s1. The summed E-state index contributed by atoms with van der Waals surface area (Å²) in [6.45, 7) is 7.33. The average molecular weight is 533 g/mol. The van der Waals surface area contributed by atoms with Crippen LogP contribution in [0.1, 0.15) is 72.1 Å². The SMILES string of the molecule is COCO[C@@H]1CC[C@]2(C)[C@H]3CC[C@]4(C)[C@@H]([C@H](C)[C@@H](O)/C=C/C(F)(F)F)CC[C@H]4[C@@H]3C[C@H](OCOC)[C@@H]2C1. The Labute approximate surface area is 220 Å². The lowest BCUT2D eigenvalue weighted by Crippen LogP contribution is -2.59. The van der Waals surface area contributed by atoms with Crippen molar-refractivity contribution in [2.24, 2.45) is 46.3 Å². The molecular weight excluding hydrogens is 485 g/mol. The highest BCUT2D eigenvalue weighted by Gasteiger charge is 2.63. The van der Waals surface area contributed by atoms with E-state index >= 15 is 0 Å². The van der Waals surface area contributed by atoms with Crippen LogP contribution in [0.2, 0.25) is 0 Å². The molecule has 5 nitrogen and oxygen atoms in total. The first-order valence-electron chi connectivity index (χ1n) is 14.1. The van der Waals surface area contributed by atoms with Crippen LogP contribution in [0.5, 0.6) is 0 Å². The van der Waals surface area contributed by atoms with Crippen LogP contribution in [0.15, 0.2) is 12.2 Å². The van der Waals surface area contributed by atoms with Crippen LogP contribution >= 0.6 is 0 Å². The predicted octanol–water partition coefficient (Wildman–Crippen LogP) is 6.35. The van der Waals surface area contributed by atoms with Crippen LogP contribution in [0, 0.1) is 46.3 Å². The molecule has 0 bridgehead atoms. The Kier molecular flexibility index (Phi) is 9.06. The normalized spacial score (nSPS) is 43.8. The quantitative estimate of drug-likeness (QED) is 0.277. The molecule has 0 radical (unpaired) electrons. The van der Waals surface area contributed by atoms with Crippen molar-refractivity contribution in [2.45, 2.75) is 96.6 Å². The molecular formula is C29H47F3O5. The zero-order chi connectivity index (χ0) is 27.0. The second-order valence-corrected chi connectivity index (χ2v) is 12.8. The predicted molar refractivity (Wildman–Crippen MR) is 134 cm³/mol. The van der Waals surface area contributed by atoms with Crippen LogP contribution < -0.4 is 0 Å². The summed E-state index contributed by atoms with van der Waals surface area (Å²) in [5, 5.41) is 10.7. The van der Waals surface area contributed by atoms with Crippen molar-refractivity contribution in [3.05, 3.63) is 12.2 Å². The molecule has 0 saturated heterocycles. The van der Waals surface area contributed by atoms with Gasteiger partial charge in [-0.1, -0.05) is 26.8 Å². The van der Waals surface area contributed by atoms with Crippen molar-refractivity contribution in [2.75, 3.05) is 27.8 Å². The molecule has 4 rings (SSSR count). The van der Waals surface area contributed by atoms with Gasteiger partial charge in [-0.25, -0.2) is 0 Å². The van der Waals surface area contributed by atoms with Crippen molar-refractivity contribution in [1.29, 1.82) is 0 Å². The molecule has 0 aromatic carbocycles. The van der Waals surface area contributed by atoms with Crippen molar-refractivity contribution < 1.29 is 37.2 Å². The summed E-state index contributed by atoms with van der Waals surface area (Å²) in [5.74, 6) is 1.99. The van der Waals surface area contributed by atoms with Gasteiger partial charge in [0.15, 0.2) is 0 Å². The van der Waals surface area contributed by atoms with Gasteiger partial charge in [0.05, 0.1) is 18.3 Å². The van der Waals surface area contributed by atoms with Gasteiger partial charge >= 0.3 is 6.18 Å². The molecule has 0 aromatic heterocycles. The fraction of sp³-hybridized carbons (Fsp3) is 0.931. The number of hydrogen-bond acceptors (Lipinski definition) is 5. The van der Waals surface area contributed by atoms with Gasteiger partial charge in [0.25, 0.3) is 0 Å². The molecule has 0 spiro atoms. The highest BCUT2D eigenvalue weighted by molar-refractivity contribution is 5.12. The number of alkyl halides is 3. The highest BCUT2D eigenvalue weighted by Crippen LogP contribution is 2.68. The van der Waals surface area contributed by atoms with Crippen molar-refractivity contribution >= 4 is 0 Å². The van der Waals surface area contributed by atoms with Crippen LogP contribution in [0.4, 0.5) is 13.2 Å². The van der Waals surface area contributed by atoms with Gasteiger partial charge in [-0.3, -0.25) is 0 Å². The largest absolute Gasteiger partial charge is 0.409 e. The number of hydrogen-bond donors (Lipinski definition) is 1. The average Bonchev–Trinajstić information content (AvgIpc) is 3.21. The maximum absolute atomic E-state index is 12.7. The first kappa shape index (κ1) is 29.3. The van der Waals surface area contributed by atoms with E-state index in [0.29, 0.717) is 30.5 Å². The van der Waals surface area contributed by atoms with E-state index in [1.54, 1.807) is 14.2 Å². The molecule has 0 unspecified atom stereocenters. The summed E-state index contributed by atoms with van der Waals surface area (Å²) in [4.78, 5) is 0. The Morgan fingerprint density at radius 2 is 1.54 bits per heavy atom. The van der Waals surface area contributed by atoms with E-state index in [9.17, 15) is 18.3 Å². The van der Waals surface area contributed by atoms with Gasteiger partial charge in [0.1, 0.15) is 13.6 Å². The fourth-order valence-corrected chi connectivity index (χ4v) is 9.41. The lowest BCUT2D eigenvalue weighted by Gasteiger charge is -2.63. The third kappa shape index (κ3) is 5.79. The first-order chi connectivity index (χ1) is 17.4. The molecule has 214 valence electrons. The summed E-state index contributed by atoms with van der Waals surface area (Å²) in [6, 6.07) is 0. The van der Waals surface area contributed by atoms with Crippen molar-refractivity contribution in [1.82, 2.24) is 0 Å². The van der Waals surface area contributed by atoms with Gasteiger partial charge in [0.2, 0.25) is 0 Å². The molecule has 4 aliphatic carbocycles. The Morgan fingerprint density at radius 1 is 0.892 bits per heavy atom. The molecule has 0 aliphatic heterocycles. The zero-order valence-electron chi connectivity index (χ0n) is 23.1. The molecule has 4 fully saturated rings. The zero-order valence-corrected chi connectivity index (χ0v) is 23.1. The second kappa shape index (κ2) is 11.4. The molecule has 8 heteroatoms. The van der Waals surface area contributed by atoms with Crippen LogP contribution in [-0.2, 0) is 18.9 Å². The van der Waals surface area contributed by atoms with Crippen molar-refractivity contribution in [3.8, 4) is 0 Å². The van der Waals surface area contributed by atoms with Crippen LogP contribution in [0.25, 0.3) is 0 Å². The highest BCUT2D eigenvalue weighted by atomic mass is 19.4. The number of rotatable bonds is 9. The van der Waals surface area contributed by atoms with Crippen LogP contribution in [0.3, 0.4) is 0 Å². The van der Waals surface area contributed by atoms with E-state index in [1.807, 2.05) is 6.92 Å². The summed E-state index contributed by atoms with van der Waals surface area (Å²) >= 11 is 0. The monoisotopic (exact) mass is 532 g/mol. The van der Waals surface area contributed by atoms with Gasteiger partial charge in [-0.05, 0) is 97.7 Å². The summed E-state index contributed by atoms with van der Waals surface area (Å²) in [5.41, 5.74) is 0.176. The van der Waals surface area contributed by atoms with Crippen molar-refractivity contribution in [3.63, 3.8) is 0 Å². The third-order valence-corrected chi connectivity index (χ3v) is 11.2. The van der Waals surface area contributed by atoms with E-state index in [1.165, 1.54) is 0 Å². The Hall–Kier alpha value is -0.670. The van der Waals surface area contributed by atoms with E-state index in [2.05, 4.69) is 13.8 Å². The summed E-state index contributed by atoms with van der Waals surface area (Å²) in [6.07, 6.45) is 4.22. The number of halogens is 3. The Bertz CT molecular complexity index is 790. The van der Waals surface area contributed by atoms with E-state index in [0.717, 1.165) is 57.4 Å². The maximum atomic E-state index is 12.7. The van der Waals surface area contributed by atoms with E-state index in [4.69, 9.17) is 18.9 Å². The lowest BCUT2D eigenvalue weighted by molar-refractivity contribution is -0.214. The van der Waals surface area contributed by atoms with Gasteiger partial charge in [-0.2, -0.15) is 13.2 Å². The Morgan fingerprint density at radius 3 is 2.22 bits per heavy atom. The maximum Gasteiger partial charge on any atom is 0.409 e. The lowest BCUT2D eigenvalue weighted by atomic mass is 9.43. The number of allylic oxidation sites excluding steroid dienone is 1. The summed E-state index contributed by atoms with van der Waals surface area (Å²) < 4.78 is 61.1. The molecule has 4 aliphatic rings. The number of aliphatic hydroxyl groups excluding tert-OH is 1. The number of aliphatic hydroxyl groups is 1. The molecule has 0 aromatic rings. The number of fused-ring (bicyclic) bond motifs is 5. The van der Waals surface area contributed by atoms with Gasteiger partial charge in [0, 0.05) is 20.3 Å². The first-order valence-corrected chi connectivity index (χ1v) is 14.1. The molecule has 11 atom stereocenters. The van der Waals surface area contributed by atoms with E-state index in [-0.39, 0.29) is 47.7 Å². The molecule has 0 amide bonds. The summed E-state index contributed by atoms with van der Waals surface area (Å²) in [7, 11) is 3.32.